The standard InChI is InChI=1S/C17H24ClNO/c1-11-7-12(2)16(13(3)8-11)17(20)19-10-15-6-4-5-14(15)9-18/h7-8,14-15H,4-6,9-10H2,1-3H3,(H,19,20). The van der Waals surface area contributed by atoms with Crippen molar-refractivity contribution in [3.63, 3.8) is 0 Å². The Morgan fingerprint density at radius 1 is 1.20 bits per heavy atom. The van der Waals surface area contributed by atoms with Crippen LogP contribution in [0.25, 0.3) is 0 Å². The van der Waals surface area contributed by atoms with Crippen molar-refractivity contribution in [2.24, 2.45) is 11.8 Å². The van der Waals surface area contributed by atoms with Gasteiger partial charge in [0.15, 0.2) is 0 Å². The van der Waals surface area contributed by atoms with Crippen molar-refractivity contribution < 1.29 is 4.79 Å². The highest BCUT2D eigenvalue weighted by Gasteiger charge is 2.27. The summed E-state index contributed by atoms with van der Waals surface area (Å²) in [7, 11) is 0. The first-order valence-electron chi connectivity index (χ1n) is 7.45. The van der Waals surface area contributed by atoms with Crippen LogP contribution in [0, 0.1) is 32.6 Å². The first-order chi connectivity index (χ1) is 9.52. The fraction of sp³-hybridized carbons (Fsp3) is 0.588. The van der Waals surface area contributed by atoms with Gasteiger partial charge in [-0.1, -0.05) is 24.1 Å². The second-order valence-corrected chi connectivity index (χ2v) is 6.40. The van der Waals surface area contributed by atoms with Gasteiger partial charge in [0, 0.05) is 18.0 Å². The molecule has 0 bridgehead atoms. The SMILES string of the molecule is Cc1cc(C)c(C(=O)NCC2CCCC2CCl)c(C)c1. The second kappa shape index (κ2) is 6.62. The van der Waals surface area contributed by atoms with Gasteiger partial charge in [0.05, 0.1) is 0 Å². The van der Waals surface area contributed by atoms with Gasteiger partial charge in [-0.25, -0.2) is 0 Å². The number of benzene rings is 1. The van der Waals surface area contributed by atoms with Crippen molar-refractivity contribution in [2.75, 3.05) is 12.4 Å². The summed E-state index contributed by atoms with van der Waals surface area (Å²) in [6, 6.07) is 4.14. The minimum absolute atomic E-state index is 0.0558. The molecule has 2 rings (SSSR count). The molecule has 0 saturated heterocycles. The molecule has 1 N–H and O–H groups in total. The van der Waals surface area contributed by atoms with Gasteiger partial charge in [0.25, 0.3) is 5.91 Å². The molecule has 0 aliphatic heterocycles. The number of amides is 1. The molecule has 1 aromatic carbocycles. The van der Waals surface area contributed by atoms with Crippen LogP contribution in [0.2, 0.25) is 0 Å². The van der Waals surface area contributed by atoms with Crippen LogP contribution in [0.3, 0.4) is 0 Å². The third kappa shape index (κ3) is 3.35. The van der Waals surface area contributed by atoms with Crippen LogP contribution in [-0.2, 0) is 0 Å². The summed E-state index contributed by atoms with van der Waals surface area (Å²) in [5, 5.41) is 3.11. The molecule has 1 aliphatic rings. The van der Waals surface area contributed by atoms with E-state index in [1.807, 2.05) is 13.8 Å². The van der Waals surface area contributed by atoms with E-state index in [0.29, 0.717) is 17.7 Å². The van der Waals surface area contributed by atoms with E-state index in [2.05, 4.69) is 24.4 Å². The van der Waals surface area contributed by atoms with Crippen molar-refractivity contribution in [1.29, 1.82) is 0 Å². The average Bonchev–Trinajstić information content (AvgIpc) is 2.82. The van der Waals surface area contributed by atoms with Crippen LogP contribution in [0.5, 0.6) is 0 Å². The largest absolute Gasteiger partial charge is 0.352 e. The zero-order valence-corrected chi connectivity index (χ0v) is 13.4. The molecule has 2 nitrogen and oxygen atoms in total. The quantitative estimate of drug-likeness (QED) is 0.836. The van der Waals surface area contributed by atoms with E-state index >= 15 is 0 Å². The lowest BCUT2D eigenvalue weighted by Gasteiger charge is -2.18. The van der Waals surface area contributed by atoms with Crippen LogP contribution in [0.4, 0.5) is 0 Å². The van der Waals surface area contributed by atoms with Crippen molar-refractivity contribution in [2.45, 2.75) is 40.0 Å². The Kier molecular flexibility index (Phi) is 5.09. The summed E-state index contributed by atoms with van der Waals surface area (Å²) in [6.45, 7) is 6.83. The lowest BCUT2D eigenvalue weighted by Crippen LogP contribution is -2.32. The third-order valence-corrected chi connectivity index (χ3v) is 4.84. The Labute approximate surface area is 126 Å². The van der Waals surface area contributed by atoms with Crippen molar-refractivity contribution in [3.05, 3.63) is 34.4 Å². The van der Waals surface area contributed by atoms with E-state index in [9.17, 15) is 4.79 Å². The number of rotatable bonds is 4. The number of hydrogen-bond acceptors (Lipinski definition) is 1. The number of carbonyl (C=O) groups is 1. The van der Waals surface area contributed by atoms with Crippen LogP contribution < -0.4 is 5.32 Å². The summed E-state index contributed by atoms with van der Waals surface area (Å²) < 4.78 is 0. The van der Waals surface area contributed by atoms with Crippen LogP contribution in [0.1, 0.15) is 46.3 Å². The minimum Gasteiger partial charge on any atom is -0.352 e. The number of aryl methyl sites for hydroxylation is 3. The maximum absolute atomic E-state index is 12.4. The van der Waals surface area contributed by atoms with Crippen LogP contribution in [-0.4, -0.2) is 18.3 Å². The Morgan fingerprint density at radius 3 is 2.40 bits per heavy atom. The Hall–Kier alpha value is -1.02. The lowest BCUT2D eigenvalue weighted by molar-refractivity contribution is 0.0943. The molecule has 2 unspecified atom stereocenters. The molecular formula is C17H24ClNO. The maximum Gasteiger partial charge on any atom is 0.251 e. The van der Waals surface area contributed by atoms with Gasteiger partial charge in [-0.3, -0.25) is 4.79 Å². The van der Waals surface area contributed by atoms with Gasteiger partial charge < -0.3 is 5.32 Å². The second-order valence-electron chi connectivity index (χ2n) is 6.09. The average molecular weight is 294 g/mol. The number of nitrogens with one attached hydrogen (secondary N) is 1. The van der Waals surface area contributed by atoms with Gasteiger partial charge in [-0.2, -0.15) is 0 Å². The molecular weight excluding hydrogens is 270 g/mol. The highest BCUT2D eigenvalue weighted by Crippen LogP contribution is 2.32. The summed E-state index contributed by atoms with van der Waals surface area (Å²) in [5.41, 5.74) is 4.14. The van der Waals surface area contributed by atoms with Crippen molar-refractivity contribution in [3.8, 4) is 0 Å². The molecule has 2 atom stereocenters. The number of alkyl halides is 1. The summed E-state index contributed by atoms with van der Waals surface area (Å²) in [6.07, 6.45) is 3.62. The van der Waals surface area contributed by atoms with Gasteiger partial charge in [0.2, 0.25) is 0 Å². The van der Waals surface area contributed by atoms with Gasteiger partial charge in [0.1, 0.15) is 0 Å². The monoisotopic (exact) mass is 293 g/mol. The molecule has 1 fully saturated rings. The third-order valence-electron chi connectivity index (χ3n) is 4.44. The molecule has 1 aromatic rings. The van der Waals surface area contributed by atoms with E-state index in [1.54, 1.807) is 0 Å². The maximum atomic E-state index is 12.4. The molecule has 1 aliphatic carbocycles. The number of hydrogen-bond donors (Lipinski definition) is 1. The highest BCUT2D eigenvalue weighted by molar-refractivity contribution is 6.18. The van der Waals surface area contributed by atoms with Crippen molar-refractivity contribution in [1.82, 2.24) is 5.32 Å². The van der Waals surface area contributed by atoms with Gasteiger partial charge >= 0.3 is 0 Å². The normalized spacial score (nSPS) is 22.0. The minimum atomic E-state index is 0.0558. The molecule has 0 radical (unpaired) electrons. The molecule has 20 heavy (non-hydrogen) atoms. The molecule has 1 saturated carbocycles. The lowest BCUT2D eigenvalue weighted by atomic mass is 9.96. The first kappa shape index (κ1) is 15.4. The predicted molar refractivity (Wildman–Crippen MR) is 84.5 cm³/mol. The highest BCUT2D eigenvalue weighted by atomic mass is 35.5. The summed E-state index contributed by atoms with van der Waals surface area (Å²) in [4.78, 5) is 12.4. The van der Waals surface area contributed by atoms with E-state index in [1.165, 1.54) is 24.8 Å². The molecule has 3 heteroatoms. The van der Waals surface area contributed by atoms with E-state index in [0.717, 1.165) is 23.2 Å². The van der Waals surface area contributed by atoms with E-state index in [-0.39, 0.29) is 5.91 Å². The topological polar surface area (TPSA) is 29.1 Å². The number of halogens is 1. The van der Waals surface area contributed by atoms with Gasteiger partial charge in [-0.05, 0) is 56.6 Å². The molecule has 0 heterocycles. The van der Waals surface area contributed by atoms with Gasteiger partial charge in [-0.15, -0.1) is 11.6 Å². The Balaban J connectivity index is 2.02. The zero-order chi connectivity index (χ0) is 14.7. The van der Waals surface area contributed by atoms with E-state index < -0.39 is 0 Å². The number of carbonyl (C=O) groups excluding carboxylic acids is 1. The Morgan fingerprint density at radius 2 is 1.80 bits per heavy atom. The van der Waals surface area contributed by atoms with Crippen LogP contribution >= 0.6 is 11.6 Å². The summed E-state index contributed by atoms with van der Waals surface area (Å²) in [5.74, 6) is 1.88. The van der Waals surface area contributed by atoms with E-state index in [4.69, 9.17) is 11.6 Å². The molecule has 110 valence electrons. The zero-order valence-electron chi connectivity index (χ0n) is 12.6. The first-order valence-corrected chi connectivity index (χ1v) is 7.98. The molecule has 0 aromatic heterocycles. The molecule has 0 spiro atoms. The Bertz CT molecular complexity index is 475. The predicted octanol–water partition coefficient (Wildman–Crippen LogP) is 4.00. The van der Waals surface area contributed by atoms with Crippen molar-refractivity contribution >= 4 is 17.5 Å². The molecule has 1 amide bonds. The summed E-state index contributed by atoms with van der Waals surface area (Å²) >= 11 is 5.99. The fourth-order valence-corrected chi connectivity index (χ4v) is 3.84. The fourth-order valence-electron chi connectivity index (χ4n) is 3.44. The van der Waals surface area contributed by atoms with Crippen LogP contribution in [0.15, 0.2) is 12.1 Å². The smallest absolute Gasteiger partial charge is 0.251 e.